The second-order valence-electron chi connectivity index (χ2n) is 5.24. The maximum absolute atomic E-state index is 11.3. The smallest absolute Gasteiger partial charge is 0.146 e. The molecule has 2 aliphatic rings. The first kappa shape index (κ1) is 12.4. The molecule has 1 saturated carbocycles. The van der Waals surface area contributed by atoms with E-state index < -0.39 is 6.23 Å². The minimum absolute atomic E-state index is 0.274. The predicted molar refractivity (Wildman–Crippen MR) is 67.1 cm³/mol. The molecule has 2 rings (SSSR count). The van der Waals surface area contributed by atoms with Crippen molar-refractivity contribution in [1.82, 2.24) is 4.90 Å². The van der Waals surface area contributed by atoms with E-state index in [2.05, 4.69) is 6.58 Å². The van der Waals surface area contributed by atoms with Crippen LogP contribution in [0.1, 0.15) is 32.6 Å². The molecular weight excluding hydrogens is 214 g/mol. The number of nitrogens with zero attached hydrogens (tertiary/aromatic N) is 1. The minimum Gasteiger partial charge on any atom is -0.370 e. The van der Waals surface area contributed by atoms with Crippen molar-refractivity contribution >= 4 is 5.78 Å². The summed E-state index contributed by atoms with van der Waals surface area (Å²) in [7, 11) is 0. The van der Waals surface area contributed by atoms with Crippen LogP contribution < -0.4 is 0 Å². The SMILES string of the molecule is C=C1C=CC(O)N1CC1CCC(C(C)=O)CC1. The second kappa shape index (κ2) is 5.05. The molecule has 0 aromatic rings. The highest BCUT2D eigenvalue weighted by atomic mass is 16.3. The first-order valence-electron chi connectivity index (χ1n) is 6.40. The third-order valence-electron chi connectivity index (χ3n) is 4.03. The number of ketones is 1. The van der Waals surface area contributed by atoms with Crippen molar-refractivity contribution in [1.29, 1.82) is 0 Å². The molecule has 0 amide bonds. The van der Waals surface area contributed by atoms with Gasteiger partial charge < -0.3 is 10.0 Å². The first-order chi connectivity index (χ1) is 8.08. The molecule has 0 radical (unpaired) electrons. The number of hydrogen-bond acceptors (Lipinski definition) is 3. The van der Waals surface area contributed by atoms with E-state index in [1.807, 2.05) is 11.0 Å². The topological polar surface area (TPSA) is 40.5 Å². The zero-order chi connectivity index (χ0) is 12.4. The van der Waals surface area contributed by atoms with Gasteiger partial charge in [0.25, 0.3) is 0 Å². The van der Waals surface area contributed by atoms with E-state index in [9.17, 15) is 9.90 Å². The van der Waals surface area contributed by atoms with Crippen LogP contribution in [0.25, 0.3) is 0 Å². The largest absolute Gasteiger partial charge is 0.370 e. The van der Waals surface area contributed by atoms with Crippen molar-refractivity contribution in [2.75, 3.05) is 6.54 Å². The summed E-state index contributed by atoms with van der Waals surface area (Å²) >= 11 is 0. The molecule has 17 heavy (non-hydrogen) atoms. The summed E-state index contributed by atoms with van der Waals surface area (Å²) in [5.74, 6) is 1.18. The highest BCUT2D eigenvalue weighted by molar-refractivity contribution is 5.78. The molecule has 1 aliphatic carbocycles. The summed E-state index contributed by atoms with van der Waals surface area (Å²) in [6, 6.07) is 0. The summed E-state index contributed by atoms with van der Waals surface area (Å²) in [4.78, 5) is 13.2. The molecule has 3 heteroatoms. The zero-order valence-corrected chi connectivity index (χ0v) is 10.4. The Hall–Kier alpha value is -1.09. The van der Waals surface area contributed by atoms with Crippen molar-refractivity contribution < 1.29 is 9.90 Å². The van der Waals surface area contributed by atoms with E-state index in [-0.39, 0.29) is 5.92 Å². The molecule has 0 aromatic carbocycles. The Morgan fingerprint density at radius 3 is 2.59 bits per heavy atom. The van der Waals surface area contributed by atoms with E-state index in [1.54, 1.807) is 13.0 Å². The molecule has 1 heterocycles. The predicted octanol–water partition coefficient (Wildman–Crippen LogP) is 2.09. The fraction of sp³-hybridized carbons (Fsp3) is 0.643. The van der Waals surface area contributed by atoms with Crippen molar-refractivity contribution in [2.24, 2.45) is 11.8 Å². The molecule has 1 N–H and O–H groups in total. The summed E-state index contributed by atoms with van der Waals surface area (Å²) in [6.45, 7) is 6.47. The fourth-order valence-electron chi connectivity index (χ4n) is 2.82. The normalized spacial score (nSPS) is 33.2. The number of aliphatic hydroxyl groups is 1. The van der Waals surface area contributed by atoms with Gasteiger partial charge in [0.05, 0.1) is 0 Å². The van der Waals surface area contributed by atoms with Crippen LogP contribution >= 0.6 is 0 Å². The van der Waals surface area contributed by atoms with Gasteiger partial charge in [-0.25, -0.2) is 0 Å². The van der Waals surface area contributed by atoms with Crippen LogP contribution in [0.5, 0.6) is 0 Å². The van der Waals surface area contributed by atoms with Gasteiger partial charge in [-0.05, 0) is 50.7 Å². The molecular formula is C14H21NO2. The maximum atomic E-state index is 11.3. The number of Topliss-reactive ketones (excluding diaryl/α,β-unsaturated/α-hetero) is 1. The van der Waals surface area contributed by atoms with Crippen molar-refractivity contribution in [2.45, 2.75) is 38.8 Å². The first-order valence-corrected chi connectivity index (χ1v) is 6.40. The molecule has 0 saturated heterocycles. The lowest BCUT2D eigenvalue weighted by Gasteiger charge is -2.33. The second-order valence-corrected chi connectivity index (χ2v) is 5.24. The zero-order valence-electron chi connectivity index (χ0n) is 10.4. The van der Waals surface area contributed by atoms with E-state index in [0.29, 0.717) is 11.7 Å². The van der Waals surface area contributed by atoms with Crippen LogP contribution in [0.2, 0.25) is 0 Å². The van der Waals surface area contributed by atoms with Crippen LogP contribution in [0.4, 0.5) is 0 Å². The Kier molecular flexibility index (Phi) is 3.67. The van der Waals surface area contributed by atoms with E-state index in [4.69, 9.17) is 0 Å². The van der Waals surface area contributed by atoms with Gasteiger partial charge in [-0.1, -0.05) is 6.58 Å². The molecule has 3 nitrogen and oxygen atoms in total. The maximum Gasteiger partial charge on any atom is 0.146 e. The van der Waals surface area contributed by atoms with E-state index >= 15 is 0 Å². The standard InChI is InChI=1S/C14H21NO2/c1-10-3-8-14(17)15(10)9-12-4-6-13(7-5-12)11(2)16/h3,8,12-14,17H,1,4-7,9H2,2H3. The highest BCUT2D eigenvalue weighted by Crippen LogP contribution is 2.31. The summed E-state index contributed by atoms with van der Waals surface area (Å²) < 4.78 is 0. The minimum atomic E-state index is -0.506. The Morgan fingerprint density at radius 1 is 1.47 bits per heavy atom. The van der Waals surface area contributed by atoms with Gasteiger partial charge in [0.1, 0.15) is 12.0 Å². The van der Waals surface area contributed by atoms with Crippen LogP contribution in [0, 0.1) is 11.8 Å². The van der Waals surface area contributed by atoms with Crippen molar-refractivity contribution in [3.8, 4) is 0 Å². The Bertz CT molecular complexity index is 340. The lowest BCUT2D eigenvalue weighted by Crippen LogP contribution is -2.35. The summed E-state index contributed by atoms with van der Waals surface area (Å²) in [5.41, 5.74) is 0.895. The Morgan fingerprint density at radius 2 is 2.12 bits per heavy atom. The van der Waals surface area contributed by atoms with E-state index in [1.165, 1.54) is 0 Å². The number of rotatable bonds is 3. The molecule has 0 bridgehead atoms. The summed E-state index contributed by atoms with van der Waals surface area (Å²) in [5, 5.41) is 9.75. The van der Waals surface area contributed by atoms with Crippen molar-refractivity contribution in [3.63, 3.8) is 0 Å². The van der Waals surface area contributed by atoms with Gasteiger partial charge in [0.15, 0.2) is 0 Å². The number of allylic oxidation sites excluding steroid dienone is 1. The van der Waals surface area contributed by atoms with E-state index in [0.717, 1.165) is 37.9 Å². The number of carbonyl (C=O) groups is 1. The van der Waals surface area contributed by atoms with Gasteiger partial charge in [-0.2, -0.15) is 0 Å². The number of aliphatic hydroxyl groups excluding tert-OH is 1. The quantitative estimate of drug-likeness (QED) is 0.814. The molecule has 1 fully saturated rings. The van der Waals surface area contributed by atoms with Gasteiger partial charge in [-0.3, -0.25) is 4.79 Å². The van der Waals surface area contributed by atoms with Gasteiger partial charge in [0, 0.05) is 18.2 Å². The van der Waals surface area contributed by atoms with Gasteiger partial charge >= 0.3 is 0 Å². The molecule has 94 valence electrons. The third-order valence-corrected chi connectivity index (χ3v) is 4.03. The molecule has 1 aliphatic heterocycles. The van der Waals surface area contributed by atoms with Crippen LogP contribution in [-0.2, 0) is 4.79 Å². The lowest BCUT2D eigenvalue weighted by atomic mass is 9.80. The molecule has 0 aromatic heterocycles. The van der Waals surface area contributed by atoms with Crippen LogP contribution in [-0.4, -0.2) is 28.6 Å². The molecule has 0 spiro atoms. The highest BCUT2D eigenvalue weighted by Gasteiger charge is 2.28. The molecule has 1 unspecified atom stereocenters. The fourth-order valence-corrected chi connectivity index (χ4v) is 2.82. The number of carbonyl (C=O) groups excluding carboxylic acids is 1. The Balaban J connectivity index is 1.82. The van der Waals surface area contributed by atoms with Crippen LogP contribution in [0.3, 0.4) is 0 Å². The van der Waals surface area contributed by atoms with Crippen LogP contribution in [0.15, 0.2) is 24.4 Å². The average molecular weight is 235 g/mol. The number of hydrogen-bond donors (Lipinski definition) is 1. The van der Waals surface area contributed by atoms with Crippen molar-refractivity contribution in [3.05, 3.63) is 24.4 Å². The lowest BCUT2D eigenvalue weighted by molar-refractivity contribution is -0.122. The monoisotopic (exact) mass is 235 g/mol. The summed E-state index contributed by atoms with van der Waals surface area (Å²) in [6.07, 6.45) is 7.30. The van der Waals surface area contributed by atoms with Gasteiger partial charge in [-0.15, -0.1) is 0 Å². The average Bonchev–Trinajstić information content (AvgIpc) is 2.61. The Labute approximate surface area is 103 Å². The third kappa shape index (κ3) is 2.78. The molecule has 1 atom stereocenters. The van der Waals surface area contributed by atoms with Gasteiger partial charge in [0.2, 0.25) is 0 Å².